The van der Waals surface area contributed by atoms with Crippen LogP contribution in [0.4, 0.5) is 15.8 Å². The van der Waals surface area contributed by atoms with E-state index < -0.39 is 23.2 Å². The summed E-state index contributed by atoms with van der Waals surface area (Å²) in [6, 6.07) is 9.86. The lowest BCUT2D eigenvalue weighted by Crippen LogP contribution is -2.38. The van der Waals surface area contributed by atoms with Crippen molar-refractivity contribution in [1.82, 2.24) is 9.55 Å². The van der Waals surface area contributed by atoms with Crippen molar-refractivity contribution < 1.29 is 28.6 Å². The summed E-state index contributed by atoms with van der Waals surface area (Å²) in [5.74, 6) is -2.00. The molecule has 5 rings (SSSR count). The van der Waals surface area contributed by atoms with Crippen molar-refractivity contribution in [1.29, 1.82) is 0 Å². The van der Waals surface area contributed by atoms with Crippen LogP contribution in [0.15, 0.2) is 54.9 Å². The Morgan fingerprint density at radius 2 is 1.83 bits per heavy atom. The number of anilines is 2. The van der Waals surface area contributed by atoms with Crippen molar-refractivity contribution in [3.63, 3.8) is 0 Å². The van der Waals surface area contributed by atoms with E-state index in [2.05, 4.69) is 15.6 Å². The highest BCUT2D eigenvalue weighted by molar-refractivity contribution is 6.31. The maximum atomic E-state index is 14.6. The van der Waals surface area contributed by atoms with Gasteiger partial charge in [0.1, 0.15) is 17.3 Å². The van der Waals surface area contributed by atoms with Gasteiger partial charge in [0.2, 0.25) is 5.88 Å². The summed E-state index contributed by atoms with van der Waals surface area (Å²) in [5, 5.41) is 18.0. The third kappa shape index (κ3) is 4.77. The van der Waals surface area contributed by atoms with Crippen molar-refractivity contribution in [3.8, 4) is 17.3 Å². The fourth-order valence-electron chi connectivity index (χ4n) is 5.01. The maximum Gasteiger partial charge on any atom is 0.265 e. The summed E-state index contributed by atoms with van der Waals surface area (Å²) in [7, 11) is 2.93. The number of rotatable bonds is 7. The van der Waals surface area contributed by atoms with Crippen LogP contribution in [0, 0.1) is 5.82 Å². The number of carbonyl (C=O) groups excluding carboxylic acids is 2. The van der Waals surface area contributed by atoms with E-state index in [4.69, 9.17) is 32.7 Å². The van der Waals surface area contributed by atoms with Gasteiger partial charge in [-0.15, -0.1) is 0 Å². The molecule has 212 valence electrons. The first-order valence-corrected chi connectivity index (χ1v) is 13.2. The second-order valence-electron chi connectivity index (χ2n) is 9.66. The lowest BCUT2D eigenvalue weighted by Gasteiger charge is -2.26. The van der Waals surface area contributed by atoms with Gasteiger partial charge in [-0.25, -0.2) is 9.37 Å². The molecule has 1 unspecified atom stereocenters. The third-order valence-electron chi connectivity index (χ3n) is 6.83. The Hall–Kier alpha value is -4.12. The van der Waals surface area contributed by atoms with Crippen LogP contribution >= 0.6 is 23.2 Å². The fraction of sp³-hybridized carbons (Fsp3) is 0.207. The summed E-state index contributed by atoms with van der Waals surface area (Å²) >= 11 is 12.2. The molecule has 0 spiro atoms. The lowest BCUT2D eigenvalue weighted by molar-refractivity contribution is -0.129. The first-order chi connectivity index (χ1) is 19.5. The number of methoxy groups -OCH3 is 2. The highest BCUT2D eigenvalue weighted by Gasteiger charge is 2.51. The molecule has 3 N–H and O–H groups in total. The second-order valence-corrected chi connectivity index (χ2v) is 10.5. The lowest BCUT2D eigenvalue weighted by atomic mass is 9.82. The summed E-state index contributed by atoms with van der Waals surface area (Å²) in [6.07, 6.45) is 2.94. The van der Waals surface area contributed by atoms with Crippen LogP contribution in [-0.2, 0) is 10.4 Å². The SMILES string of the molecule is COc1cc(OC)c(-n2cc(C(=O)Nc3cc(Cl)ccc3F)c(C3(O)C(=O)Nc4cc(Cl)ccc43)c2C(C)C)cn1. The predicted octanol–water partition coefficient (Wildman–Crippen LogP) is 5.90. The number of aromatic nitrogens is 2. The Bertz CT molecular complexity index is 1710. The van der Waals surface area contributed by atoms with Crippen molar-refractivity contribution in [2.75, 3.05) is 24.9 Å². The number of halogens is 3. The number of pyridine rings is 1. The normalized spacial score (nSPS) is 16.0. The van der Waals surface area contributed by atoms with E-state index in [0.29, 0.717) is 27.8 Å². The number of hydrogen-bond donors (Lipinski definition) is 3. The van der Waals surface area contributed by atoms with E-state index >= 15 is 0 Å². The number of hydrogen-bond acceptors (Lipinski definition) is 6. The zero-order chi connectivity index (χ0) is 29.6. The van der Waals surface area contributed by atoms with Crippen LogP contribution in [0.2, 0.25) is 10.0 Å². The van der Waals surface area contributed by atoms with Crippen molar-refractivity contribution in [2.45, 2.75) is 25.4 Å². The molecule has 0 fully saturated rings. The molecular weight excluding hydrogens is 574 g/mol. The van der Waals surface area contributed by atoms with Crippen LogP contribution < -0.4 is 20.1 Å². The van der Waals surface area contributed by atoms with E-state index in [1.54, 1.807) is 10.6 Å². The molecule has 2 aromatic heterocycles. The molecule has 1 aliphatic heterocycles. The zero-order valence-electron chi connectivity index (χ0n) is 22.4. The number of aliphatic hydroxyl groups is 1. The number of nitrogens with one attached hydrogen (secondary N) is 2. The molecule has 41 heavy (non-hydrogen) atoms. The number of benzene rings is 2. The van der Waals surface area contributed by atoms with Crippen molar-refractivity contribution in [2.24, 2.45) is 0 Å². The quantitative estimate of drug-likeness (QED) is 0.244. The topological polar surface area (TPSA) is 115 Å². The van der Waals surface area contributed by atoms with E-state index in [0.717, 1.165) is 6.07 Å². The molecule has 0 radical (unpaired) electrons. The third-order valence-corrected chi connectivity index (χ3v) is 7.30. The van der Waals surface area contributed by atoms with Gasteiger partial charge in [-0.3, -0.25) is 9.59 Å². The molecule has 1 atom stereocenters. The minimum absolute atomic E-state index is 0.00359. The van der Waals surface area contributed by atoms with Crippen LogP contribution in [0.5, 0.6) is 11.6 Å². The Kier molecular flexibility index (Phi) is 7.41. The highest BCUT2D eigenvalue weighted by Crippen LogP contribution is 2.47. The average Bonchev–Trinajstić information content (AvgIpc) is 3.46. The summed E-state index contributed by atoms with van der Waals surface area (Å²) < 4.78 is 27.1. The first-order valence-electron chi connectivity index (χ1n) is 12.4. The molecular formula is C29H25Cl2FN4O5. The Morgan fingerprint density at radius 3 is 2.51 bits per heavy atom. The van der Waals surface area contributed by atoms with Gasteiger partial charge in [-0.05, 0) is 36.2 Å². The second kappa shape index (κ2) is 10.7. The molecule has 2 aromatic carbocycles. The zero-order valence-corrected chi connectivity index (χ0v) is 23.9. The monoisotopic (exact) mass is 598 g/mol. The summed E-state index contributed by atoms with van der Waals surface area (Å²) in [6.45, 7) is 3.69. The van der Waals surface area contributed by atoms with E-state index in [1.165, 1.54) is 56.9 Å². The van der Waals surface area contributed by atoms with Crippen LogP contribution in [0.1, 0.15) is 46.9 Å². The Morgan fingerprint density at radius 1 is 1.12 bits per heavy atom. The molecule has 2 amide bonds. The smallest absolute Gasteiger partial charge is 0.265 e. The molecule has 12 heteroatoms. The van der Waals surface area contributed by atoms with Gasteiger partial charge in [0, 0.05) is 44.8 Å². The van der Waals surface area contributed by atoms with Gasteiger partial charge >= 0.3 is 0 Å². The Balaban J connectivity index is 1.81. The number of carbonyl (C=O) groups is 2. The highest BCUT2D eigenvalue weighted by atomic mass is 35.5. The maximum absolute atomic E-state index is 14.6. The van der Waals surface area contributed by atoms with Crippen molar-refractivity contribution in [3.05, 3.63) is 93.1 Å². The van der Waals surface area contributed by atoms with Gasteiger partial charge in [-0.2, -0.15) is 0 Å². The minimum atomic E-state index is -2.31. The van der Waals surface area contributed by atoms with Gasteiger partial charge in [-0.1, -0.05) is 43.1 Å². The van der Waals surface area contributed by atoms with Crippen LogP contribution in [0.25, 0.3) is 5.69 Å². The van der Waals surface area contributed by atoms with Crippen molar-refractivity contribution >= 4 is 46.4 Å². The number of nitrogens with zero attached hydrogens (tertiary/aromatic N) is 2. The van der Waals surface area contributed by atoms with Gasteiger partial charge in [0.05, 0.1) is 31.7 Å². The van der Waals surface area contributed by atoms with Crippen LogP contribution in [0.3, 0.4) is 0 Å². The molecule has 3 heterocycles. The molecule has 0 bridgehead atoms. The predicted molar refractivity (Wildman–Crippen MR) is 153 cm³/mol. The van der Waals surface area contributed by atoms with Gasteiger partial charge in [0.25, 0.3) is 11.8 Å². The molecule has 4 aromatic rings. The molecule has 1 aliphatic rings. The number of fused-ring (bicyclic) bond motifs is 1. The Labute approximate surface area is 244 Å². The number of amides is 2. The fourth-order valence-corrected chi connectivity index (χ4v) is 5.35. The van der Waals surface area contributed by atoms with E-state index in [-0.39, 0.29) is 39.2 Å². The molecule has 0 saturated heterocycles. The van der Waals surface area contributed by atoms with Gasteiger partial charge in [0.15, 0.2) is 5.60 Å². The molecule has 0 saturated carbocycles. The summed E-state index contributed by atoms with van der Waals surface area (Å²) in [5.41, 5.74) is -1.26. The van der Waals surface area contributed by atoms with Crippen LogP contribution in [-0.4, -0.2) is 40.7 Å². The standard InChI is InChI=1S/C29H25Cl2FN4O5/c1-14(2)26-25(29(39)18-7-5-15(30)9-20(18)35-28(29)38)17(27(37)34-21-10-16(31)6-8-19(21)32)13-36(26)22-12-33-24(41-4)11-23(22)40-3/h5-14,39H,1-4H3,(H,34,37)(H,35,38). The average molecular weight is 599 g/mol. The minimum Gasteiger partial charge on any atom is -0.494 e. The van der Waals surface area contributed by atoms with E-state index in [1.807, 2.05) is 13.8 Å². The van der Waals surface area contributed by atoms with E-state index in [9.17, 15) is 19.1 Å². The first kappa shape index (κ1) is 28.4. The largest absolute Gasteiger partial charge is 0.494 e. The summed E-state index contributed by atoms with van der Waals surface area (Å²) in [4.78, 5) is 31.7. The number of ether oxygens (including phenoxy) is 2. The molecule has 9 nitrogen and oxygen atoms in total. The van der Waals surface area contributed by atoms with Gasteiger partial charge < -0.3 is 29.8 Å². The molecule has 0 aliphatic carbocycles.